The Bertz CT molecular complexity index is 584. The normalized spacial score (nSPS) is 10.4. The summed E-state index contributed by atoms with van der Waals surface area (Å²) in [6, 6.07) is 5.23. The molecule has 0 fully saturated rings. The molecule has 2 N–H and O–H groups in total. The third kappa shape index (κ3) is 2.66. The maximum atomic E-state index is 10.9. The van der Waals surface area contributed by atoms with Gasteiger partial charge in [0.05, 0.1) is 19.0 Å². The topological polar surface area (TPSA) is 84.3 Å². The van der Waals surface area contributed by atoms with Crippen molar-refractivity contribution >= 4 is 22.8 Å². The van der Waals surface area contributed by atoms with Crippen molar-refractivity contribution in [3.63, 3.8) is 0 Å². The highest BCUT2D eigenvalue weighted by Crippen LogP contribution is 2.16. The summed E-state index contributed by atoms with van der Waals surface area (Å²) in [5, 5.41) is 3.03. The molecule has 2 rings (SSSR count). The van der Waals surface area contributed by atoms with Gasteiger partial charge >= 0.3 is 11.7 Å². The fraction of sp³-hybridized carbons (Fsp3) is 0.273. The average Bonchev–Trinajstić information content (AvgIpc) is 2.68. The van der Waals surface area contributed by atoms with Crippen LogP contribution in [0.15, 0.2) is 27.4 Å². The van der Waals surface area contributed by atoms with Gasteiger partial charge in [-0.3, -0.25) is 9.78 Å². The monoisotopic (exact) mass is 236 g/mol. The van der Waals surface area contributed by atoms with Crippen LogP contribution in [0.3, 0.4) is 0 Å². The fourth-order valence-electron chi connectivity index (χ4n) is 1.47. The van der Waals surface area contributed by atoms with Gasteiger partial charge in [0.2, 0.25) is 0 Å². The van der Waals surface area contributed by atoms with Crippen molar-refractivity contribution in [2.75, 3.05) is 19.0 Å². The summed E-state index contributed by atoms with van der Waals surface area (Å²) < 4.78 is 9.43. The Morgan fingerprint density at radius 1 is 1.53 bits per heavy atom. The van der Waals surface area contributed by atoms with Gasteiger partial charge in [-0.05, 0) is 12.1 Å². The lowest BCUT2D eigenvalue weighted by Gasteiger charge is -2.04. The number of nitrogens with one attached hydrogen (secondary N) is 2. The van der Waals surface area contributed by atoms with Gasteiger partial charge in [-0.25, -0.2) is 4.79 Å². The largest absolute Gasteiger partial charge is 0.469 e. The van der Waals surface area contributed by atoms with Crippen LogP contribution >= 0.6 is 0 Å². The van der Waals surface area contributed by atoms with Crippen molar-refractivity contribution in [1.82, 2.24) is 4.98 Å². The van der Waals surface area contributed by atoms with E-state index in [1.807, 2.05) is 0 Å². The summed E-state index contributed by atoms with van der Waals surface area (Å²) in [6.07, 6.45) is 0.283. The Morgan fingerprint density at radius 3 is 3.12 bits per heavy atom. The van der Waals surface area contributed by atoms with E-state index in [4.69, 9.17) is 4.42 Å². The third-order valence-corrected chi connectivity index (χ3v) is 2.31. The van der Waals surface area contributed by atoms with E-state index >= 15 is 0 Å². The summed E-state index contributed by atoms with van der Waals surface area (Å²) in [5.41, 5.74) is 1.91. The van der Waals surface area contributed by atoms with Crippen molar-refractivity contribution in [2.45, 2.75) is 6.42 Å². The molecule has 0 bridgehead atoms. The third-order valence-electron chi connectivity index (χ3n) is 2.31. The van der Waals surface area contributed by atoms with E-state index in [-0.39, 0.29) is 12.4 Å². The lowest BCUT2D eigenvalue weighted by atomic mass is 10.3. The van der Waals surface area contributed by atoms with Gasteiger partial charge in [-0.1, -0.05) is 0 Å². The van der Waals surface area contributed by atoms with E-state index in [9.17, 15) is 9.59 Å². The van der Waals surface area contributed by atoms with Gasteiger partial charge in [0.15, 0.2) is 5.58 Å². The van der Waals surface area contributed by atoms with Crippen LogP contribution in [0.25, 0.3) is 11.1 Å². The predicted molar refractivity (Wildman–Crippen MR) is 62.0 cm³/mol. The number of fused-ring (bicyclic) bond motifs is 1. The molecular weight excluding hydrogens is 224 g/mol. The van der Waals surface area contributed by atoms with Crippen molar-refractivity contribution in [2.24, 2.45) is 0 Å². The van der Waals surface area contributed by atoms with Gasteiger partial charge in [-0.15, -0.1) is 0 Å². The summed E-state index contributed by atoms with van der Waals surface area (Å²) >= 11 is 0. The Hall–Kier alpha value is -2.24. The second-order valence-corrected chi connectivity index (χ2v) is 3.48. The number of methoxy groups -OCH3 is 1. The molecule has 1 aromatic carbocycles. The number of carbonyl (C=O) groups excluding carboxylic acids is 1. The van der Waals surface area contributed by atoms with E-state index in [2.05, 4.69) is 15.0 Å². The minimum Gasteiger partial charge on any atom is -0.469 e. The number of rotatable bonds is 4. The van der Waals surface area contributed by atoms with Gasteiger partial charge in [0, 0.05) is 18.3 Å². The molecule has 90 valence electrons. The maximum Gasteiger partial charge on any atom is 0.417 e. The SMILES string of the molecule is COC(=O)CCNc1ccc2[nH]c(=O)oc2c1. The summed E-state index contributed by atoms with van der Waals surface area (Å²) in [5.74, 6) is -0.751. The van der Waals surface area contributed by atoms with Gasteiger partial charge in [0.25, 0.3) is 0 Å². The van der Waals surface area contributed by atoms with Crippen molar-refractivity contribution in [3.05, 3.63) is 28.7 Å². The number of esters is 1. The molecule has 0 spiro atoms. The number of carbonyl (C=O) groups is 1. The Morgan fingerprint density at radius 2 is 2.35 bits per heavy atom. The average molecular weight is 236 g/mol. The summed E-state index contributed by atoms with van der Waals surface area (Å²) in [6.45, 7) is 0.465. The van der Waals surface area contributed by atoms with Crippen molar-refractivity contribution in [1.29, 1.82) is 0 Å². The van der Waals surface area contributed by atoms with Crippen LogP contribution in [0.2, 0.25) is 0 Å². The molecule has 0 aliphatic carbocycles. The molecule has 0 radical (unpaired) electrons. The zero-order valence-corrected chi connectivity index (χ0v) is 9.28. The molecule has 6 nitrogen and oxygen atoms in total. The van der Waals surface area contributed by atoms with Crippen LogP contribution in [0.1, 0.15) is 6.42 Å². The molecule has 0 aliphatic rings. The number of hydrogen-bond donors (Lipinski definition) is 2. The molecule has 0 unspecified atom stereocenters. The molecule has 0 saturated heterocycles. The van der Waals surface area contributed by atoms with E-state index < -0.39 is 5.76 Å². The van der Waals surface area contributed by atoms with Crippen LogP contribution < -0.4 is 11.1 Å². The number of ether oxygens (including phenoxy) is 1. The zero-order valence-electron chi connectivity index (χ0n) is 9.28. The second-order valence-electron chi connectivity index (χ2n) is 3.48. The predicted octanol–water partition coefficient (Wildman–Crippen LogP) is 1.10. The smallest absolute Gasteiger partial charge is 0.417 e. The standard InChI is InChI=1S/C11H12N2O4/c1-16-10(14)4-5-12-7-2-3-8-9(6-7)17-11(15)13-8/h2-3,6,12H,4-5H2,1H3,(H,13,15). The molecule has 1 heterocycles. The van der Waals surface area contributed by atoms with Crippen LogP contribution in [-0.2, 0) is 9.53 Å². The second kappa shape index (κ2) is 4.73. The number of anilines is 1. The van der Waals surface area contributed by atoms with E-state index in [0.717, 1.165) is 5.69 Å². The molecule has 0 atom stereocenters. The first-order valence-corrected chi connectivity index (χ1v) is 5.12. The Balaban J connectivity index is 2.04. The van der Waals surface area contributed by atoms with Crippen LogP contribution in [-0.4, -0.2) is 24.6 Å². The molecule has 2 aromatic rings. The van der Waals surface area contributed by atoms with Crippen molar-refractivity contribution < 1.29 is 13.9 Å². The molecule has 1 aromatic heterocycles. The van der Waals surface area contributed by atoms with Crippen molar-refractivity contribution in [3.8, 4) is 0 Å². The van der Waals surface area contributed by atoms with E-state index in [1.165, 1.54) is 7.11 Å². The highest BCUT2D eigenvalue weighted by molar-refractivity contribution is 5.77. The van der Waals surface area contributed by atoms with E-state index in [0.29, 0.717) is 17.6 Å². The fourth-order valence-corrected chi connectivity index (χ4v) is 1.47. The highest BCUT2D eigenvalue weighted by Gasteiger charge is 2.03. The number of aromatic nitrogens is 1. The zero-order chi connectivity index (χ0) is 12.3. The number of H-pyrrole nitrogens is 1. The number of aromatic amines is 1. The first-order valence-electron chi connectivity index (χ1n) is 5.12. The first kappa shape index (κ1) is 11.3. The number of oxazole rings is 1. The van der Waals surface area contributed by atoms with Crippen LogP contribution in [0.4, 0.5) is 5.69 Å². The van der Waals surface area contributed by atoms with Crippen LogP contribution in [0, 0.1) is 0 Å². The lowest BCUT2D eigenvalue weighted by molar-refractivity contribution is -0.140. The van der Waals surface area contributed by atoms with E-state index in [1.54, 1.807) is 18.2 Å². The Labute approximate surface area is 96.6 Å². The molecule has 17 heavy (non-hydrogen) atoms. The molecular formula is C11H12N2O4. The van der Waals surface area contributed by atoms with Gasteiger partial charge < -0.3 is 14.5 Å². The molecule has 6 heteroatoms. The van der Waals surface area contributed by atoms with Gasteiger partial charge in [0.1, 0.15) is 0 Å². The quantitative estimate of drug-likeness (QED) is 0.776. The molecule has 0 aliphatic heterocycles. The number of hydrogen-bond acceptors (Lipinski definition) is 5. The first-order chi connectivity index (χ1) is 8.19. The number of benzene rings is 1. The Kier molecular flexibility index (Phi) is 3.13. The lowest BCUT2D eigenvalue weighted by Crippen LogP contribution is -2.09. The molecule has 0 amide bonds. The summed E-state index contributed by atoms with van der Waals surface area (Å²) in [4.78, 5) is 24.4. The minimum absolute atomic E-state index is 0.272. The molecule has 0 saturated carbocycles. The maximum absolute atomic E-state index is 10.9. The summed E-state index contributed by atoms with van der Waals surface area (Å²) in [7, 11) is 1.35. The minimum atomic E-state index is -0.480. The van der Waals surface area contributed by atoms with Gasteiger partial charge in [-0.2, -0.15) is 0 Å². The highest BCUT2D eigenvalue weighted by atomic mass is 16.5. The van der Waals surface area contributed by atoms with Crippen LogP contribution in [0.5, 0.6) is 0 Å².